The SMILES string of the molecule is Cc1nc(NN)cc(NC2COc3ccccc32)n1. The molecule has 2 heterocycles. The van der Waals surface area contributed by atoms with Crippen LogP contribution in [-0.4, -0.2) is 16.6 Å². The fraction of sp³-hybridized carbons (Fsp3) is 0.231. The van der Waals surface area contributed by atoms with Gasteiger partial charge < -0.3 is 15.5 Å². The summed E-state index contributed by atoms with van der Waals surface area (Å²) in [6.07, 6.45) is 0. The molecule has 0 saturated carbocycles. The molecule has 0 saturated heterocycles. The van der Waals surface area contributed by atoms with E-state index in [1.807, 2.05) is 25.1 Å². The second kappa shape index (κ2) is 4.74. The number of nitrogens with one attached hydrogen (secondary N) is 2. The van der Waals surface area contributed by atoms with E-state index in [0.29, 0.717) is 18.2 Å². The molecule has 1 aromatic heterocycles. The molecule has 1 aliphatic rings. The Kier molecular flexibility index (Phi) is 2.92. The van der Waals surface area contributed by atoms with Gasteiger partial charge in [0.2, 0.25) is 0 Å². The maximum absolute atomic E-state index is 5.62. The standard InChI is InChI=1S/C13H15N5O/c1-8-15-12(6-13(16-8)18-14)17-10-7-19-11-5-3-2-4-9(10)11/h2-6,10H,7,14H2,1H3,(H2,15,16,17,18). The van der Waals surface area contributed by atoms with Crippen molar-refractivity contribution in [2.75, 3.05) is 17.3 Å². The van der Waals surface area contributed by atoms with E-state index in [2.05, 4.69) is 26.8 Å². The van der Waals surface area contributed by atoms with E-state index in [1.54, 1.807) is 6.07 Å². The fourth-order valence-corrected chi connectivity index (χ4v) is 2.18. The summed E-state index contributed by atoms with van der Waals surface area (Å²) in [7, 11) is 0. The van der Waals surface area contributed by atoms with E-state index in [-0.39, 0.29) is 6.04 Å². The highest BCUT2D eigenvalue weighted by Crippen LogP contribution is 2.33. The molecule has 98 valence electrons. The van der Waals surface area contributed by atoms with Gasteiger partial charge in [0, 0.05) is 11.6 Å². The van der Waals surface area contributed by atoms with Gasteiger partial charge in [-0.3, -0.25) is 0 Å². The number of hydrazine groups is 1. The summed E-state index contributed by atoms with van der Waals surface area (Å²) in [5.41, 5.74) is 3.67. The first kappa shape index (κ1) is 11.7. The van der Waals surface area contributed by atoms with Crippen molar-refractivity contribution in [3.05, 3.63) is 41.7 Å². The topological polar surface area (TPSA) is 85.1 Å². The van der Waals surface area contributed by atoms with Crippen LogP contribution < -0.4 is 21.3 Å². The molecule has 3 rings (SSSR count). The first-order valence-corrected chi connectivity index (χ1v) is 6.07. The molecule has 1 aliphatic heterocycles. The van der Waals surface area contributed by atoms with Crippen LogP contribution in [0.4, 0.5) is 11.6 Å². The summed E-state index contributed by atoms with van der Waals surface area (Å²) >= 11 is 0. The molecular formula is C13H15N5O. The van der Waals surface area contributed by atoms with Gasteiger partial charge in [-0.1, -0.05) is 18.2 Å². The zero-order valence-electron chi connectivity index (χ0n) is 10.6. The van der Waals surface area contributed by atoms with Crippen LogP contribution >= 0.6 is 0 Å². The monoisotopic (exact) mass is 257 g/mol. The number of para-hydroxylation sites is 1. The van der Waals surface area contributed by atoms with Crippen LogP contribution in [0, 0.1) is 6.92 Å². The summed E-state index contributed by atoms with van der Waals surface area (Å²) in [5.74, 6) is 8.27. The van der Waals surface area contributed by atoms with Crippen LogP contribution in [0.15, 0.2) is 30.3 Å². The molecule has 0 fully saturated rings. The summed E-state index contributed by atoms with van der Waals surface area (Å²) in [4.78, 5) is 8.50. The van der Waals surface area contributed by atoms with Crippen molar-refractivity contribution in [2.45, 2.75) is 13.0 Å². The Morgan fingerprint density at radius 2 is 2.05 bits per heavy atom. The Morgan fingerprint density at radius 3 is 2.89 bits per heavy atom. The number of aromatic nitrogens is 2. The van der Waals surface area contributed by atoms with Crippen LogP contribution in [-0.2, 0) is 0 Å². The molecule has 0 amide bonds. The van der Waals surface area contributed by atoms with Gasteiger partial charge in [0.15, 0.2) is 0 Å². The first-order chi connectivity index (χ1) is 9.26. The highest BCUT2D eigenvalue weighted by molar-refractivity contribution is 5.50. The summed E-state index contributed by atoms with van der Waals surface area (Å²) in [5, 5.41) is 3.34. The summed E-state index contributed by atoms with van der Waals surface area (Å²) in [6, 6.07) is 9.85. The minimum absolute atomic E-state index is 0.0936. The van der Waals surface area contributed by atoms with Gasteiger partial charge in [0.25, 0.3) is 0 Å². The molecule has 4 N–H and O–H groups in total. The lowest BCUT2D eigenvalue weighted by Gasteiger charge is -2.13. The number of nitrogens with zero attached hydrogens (tertiary/aromatic N) is 2. The molecule has 6 nitrogen and oxygen atoms in total. The molecule has 1 unspecified atom stereocenters. The smallest absolute Gasteiger partial charge is 0.145 e. The van der Waals surface area contributed by atoms with E-state index >= 15 is 0 Å². The van der Waals surface area contributed by atoms with E-state index in [0.717, 1.165) is 17.1 Å². The average molecular weight is 257 g/mol. The molecule has 0 bridgehead atoms. The minimum atomic E-state index is 0.0936. The maximum atomic E-state index is 5.62. The number of fused-ring (bicyclic) bond motifs is 1. The number of aryl methyl sites for hydroxylation is 1. The number of anilines is 2. The zero-order chi connectivity index (χ0) is 13.2. The van der Waals surface area contributed by atoms with Gasteiger partial charge in [0.05, 0.1) is 6.04 Å². The summed E-state index contributed by atoms with van der Waals surface area (Å²) < 4.78 is 5.62. The second-order valence-corrected chi connectivity index (χ2v) is 4.38. The normalized spacial score (nSPS) is 16.6. The largest absolute Gasteiger partial charge is 0.491 e. The Labute approximate surface area is 111 Å². The Hall–Kier alpha value is -2.34. The van der Waals surface area contributed by atoms with E-state index in [4.69, 9.17) is 10.6 Å². The molecule has 6 heteroatoms. The lowest BCUT2D eigenvalue weighted by molar-refractivity contribution is 0.339. The maximum Gasteiger partial charge on any atom is 0.145 e. The van der Waals surface area contributed by atoms with E-state index in [9.17, 15) is 0 Å². The Bertz CT molecular complexity index is 601. The third-order valence-corrected chi connectivity index (χ3v) is 3.01. The van der Waals surface area contributed by atoms with Crippen molar-refractivity contribution in [2.24, 2.45) is 5.84 Å². The molecule has 2 aromatic rings. The lowest BCUT2D eigenvalue weighted by atomic mass is 10.1. The van der Waals surface area contributed by atoms with Crippen molar-refractivity contribution in [3.8, 4) is 5.75 Å². The number of nitrogens with two attached hydrogens (primary N) is 1. The van der Waals surface area contributed by atoms with Gasteiger partial charge in [-0.25, -0.2) is 15.8 Å². The van der Waals surface area contributed by atoms with Crippen LogP contribution in [0.3, 0.4) is 0 Å². The number of ether oxygens (including phenoxy) is 1. The van der Waals surface area contributed by atoms with Gasteiger partial charge >= 0.3 is 0 Å². The number of nitrogen functional groups attached to an aromatic ring is 1. The highest BCUT2D eigenvalue weighted by atomic mass is 16.5. The zero-order valence-corrected chi connectivity index (χ0v) is 10.6. The molecule has 0 radical (unpaired) electrons. The molecule has 0 aliphatic carbocycles. The molecule has 1 aromatic carbocycles. The number of hydrogen-bond acceptors (Lipinski definition) is 6. The first-order valence-electron chi connectivity index (χ1n) is 6.07. The average Bonchev–Trinajstić information content (AvgIpc) is 2.82. The molecule has 1 atom stereocenters. The Morgan fingerprint density at radius 1 is 1.26 bits per heavy atom. The molecular weight excluding hydrogens is 242 g/mol. The Balaban J connectivity index is 1.85. The quantitative estimate of drug-likeness (QED) is 0.572. The van der Waals surface area contributed by atoms with Crippen LogP contribution in [0.25, 0.3) is 0 Å². The third kappa shape index (κ3) is 2.30. The minimum Gasteiger partial charge on any atom is -0.491 e. The van der Waals surface area contributed by atoms with E-state index in [1.165, 1.54) is 0 Å². The van der Waals surface area contributed by atoms with Crippen LogP contribution in [0.5, 0.6) is 5.75 Å². The third-order valence-electron chi connectivity index (χ3n) is 3.01. The van der Waals surface area contributed by atoms with Crippen molar-refractivity contribution in [1.29, 1.82) is 0 Å². The number of rotatable bonds is 3. The van der Waals surface area contributed by atoms with Crippen LogP contribution in [0.2, 0.25) is 0 Å². The van der Waals surface area contributed by atoms with Gasteiger partial charge in [-0.15, -0.1) is 0 Å². The highest BCUT2D eigenvalue weighted by Gasteiger charge is 2.23. The number of benzene rings is 1. The van der Waals surface area contributed by atoms with Gasteiger partial charge in [-0.2, -0.15) is 0 Å². The van der Waals surface area contributed by atoms with E-state index < -0.39 is 0 Å². The number of hydrogen-bond donors (Lipinski definition) is 3. The van der Waals surface area contributed by atoms with Gasteiger partial charge in [0.1, 0.15) is 29.8 Å². The lowest BCUT2D eigenvalue weighted by Crippen LogP contribution is -2.15. The summed E-state index contributed by atoms with van der Waals surface area (Å²) in [6.45, 7) is 2.42. The van der Waals surface area contributed by atoms with Crippen molar-refractivity contribution < 1.29 is 4.74 Å². The molecule has 0 spiro atoms. The predicted molar refractivity (Wildman–Crippen MR) is 72.9 cm³/mol. The van der Waals surface area contributed by atoms with Crippen molar-refractivity contribution in [1.82, 2.24) is 9.97 Å². The van der Waals surface area contributed by atoms with Gasteiger partial charge in [-0.05, 0) is 13.0 Å². The predicted octanol–water partition coefficient (Wildman–Crippen LogP) is 1.62. The van der Waals surface area contributed by atoms with Crippen molar-refractivity contribution >= 4 is 11.6 Å². The second-order valence-electron chi connectivity index (χ2n) is 4.38. The molecule has 19 heavy (non-hydrogen) atoms. The van der Waals surface area contributed by atoms with Crippen LogP contribution in [0.1, 0.15) is 17.4 Å². The fourth-order valence-electron chi connectivity index (χ4n) is 2.18. The van der Waals surface area contributed by atoms with Crippen molar-refractivity contribution in [3.63, 3.8) is 0 Å².